The lowest BCUT2D eigenvalue weighted by Crippen LogP contribution is -2.32. The summed E-state index contributed by atoms with van der Waals surface area (Å²) in [5.41, 5.74) is 7.58. The number of nitrogens with one attached hydrogen (secondary N) is 1. The maximum Gasteiger partial charge on any atom is 0.250 e. The van der Waals surface area contributed by atoms with E-state index < -0.39 is 0 Å². The van der Waals surface area contributed by atoms with E-state index in [0.717, 1.165) is 5.69 Å². The summed E-state index contributed by atoms with van der Waals surface area (Å²) in [6, 6.07) is 16.2. The Labute approximate surface area is 161 Å². The molecule has 0 unspecified atom stereocenters. The molecule has 3 aromatic rings. The molecule has 3 N–H and O–H groups in total. The second-order valence-electron chi connectivity index (χ2n) is 6.19. The van der Waals surface area contributed by atoms with Crippen molar-refractivity contribution in [2.24, 2.45) is 0 Å². The van der Waals surface area contributed by atoms with Crippen molar-refractivity contribution in [1.82, 2.24) is 19.7 Å². The van der Waals surface area contributed by atoms with Crippen molar-refractivity contribution in [3.8, 4) is 11.8 Å². The molecule has 8 heteroatoms. The van der Waals surface area contributed by atoms with Crippen LogP contribution in [-0.4, -0.2) is 26.8 Å². The van der Waals surface area contributed by atoms with Crippen molar-refractivity contribution >= 4 is 11.7 Å². The first kappa shape index (κ1) is 18.9. The summed E-state index contributed by atoms with van der Waals surface area (Å²) in [5.74, 6) is 0.0549. The average Bonchev–Trinajstić information content (AvgIpc) is 3.03. The number of hydrogen-bond donors (Lipinski definition) is 2. The number of rotatable bonds is 7. The first-order valence-electron chi connectivity index (χ1n) is 8.85. The van der Waals surface area contributed by atoms with Gasteiger partial charge in [0.1, 0.15) is 24.0 Å². The average molecular weight is 376 g/mol. The van der Waals surface area contributed by atoms with Crippen molar-refractivity contribution in [2.75, 3.05) is 12.3 Å². The lowest BCUT2D eigenvalue weighted by atomic mass is 10.1. The van der Waals surface area contributed by atoms with Gasteiger partial charge in [0.15, 0.2) is 0 Å². The third-order valence-corrected chi connectivity index (χ3v) is 4.23. The summed E-state index contributed by atoms with van der Waals surface area (Å²) in [6.45, 7) is 0.377. The van der Waals surface area contributed by atoms with Crippen LogP contribution < -0.4 is 16.6 Å². The van der Waals surface area contributed by atoms with Gasteiger partial charge in [-0.25, -0.2) is 4.68 Å². The molecule has 0 atom stereocenters. The Balaban J connectivity index is 1.58. The Morgan fingerprint density at radius 3 is 2.64 bits per heavy atom. The number of pyridine rings is 1. The van der Waals surface area contributed by atoms with Crippen LogP contribution in [0, 0.1) is 11.3 Å². The highest BCUT2D eigenvalue weighted by Crippen LogP contribution is 2.21. The topological polar surface area (TPSA) is 119 Å². The Bertz CT molecular complexity index is 1060. The Morgan fingerprint density at radius 2 is 1.93 bits per heavy atom. The number of amides is 1. The molecule has 8 nitrogen and oxygen atoms in total. The van der Waals surface area contributed by atoms with Gasteiger partial charge in [-0.1, -0.05) is 24.3 Å². The van der Waals surface area contributed by atoms with Gasteiger partial charge in [-0.05, 0) is 31.0 Å². The zero-order valence-corrected chi connectivity index (χ0v) is 15.2. The fourth-order valence-corrected chi connectivity index (χ4v) is 2.83. The van der Waals surface area contributed by atoms with Gasteiger partial charge in [0.2, 0.25) is 5.91 Å². The van der Waals surface area contributed by atoms with E-state index in [1.165, 1.54) is 10.6 Å². The molecule has 28 heavy (non-hydrogen) atoms. The Hall–Kier alpha value is -3.86. The van der Waals surface area contributed by atoms with Gasteiger partial charge in [0.25, 0.3) is 5.56 Å². The number of para-hydroxylation sites is 1. The summed E-state index contributed by atoms with van der Waals surface area (Å²) in [5, 5.41) is 16.6. The molecule has 0 aliphatic heterocycles. The van der Waals surface area contributed by atoms with E-state index in [4.69, 9.17) is 5.73 Å². The van der Waals surface area contributed by atoms with E-state index in [0.29, 0.717) is 36.5 Å². The molecule has 0 aliphatic rings. The van der Waals surface area contributed by atoms with Gasteiger partial charge in [-0.3, -0.25) is 9.59 Å². The number of hydrogen-bond acceptors (Lipinski definition) is 5. The molecule has 0 fully saturated rings. The molecular weight excluding hydrogens is 356 g/mol. The molecule has 0 bridgehead atoms. The van der Waals surface area contributed by atoms with Crippen LogP contribution in [0.4, 0.5) is 5.82 Å². The molecular formula is C20H20N6O2. The molecule has 2 aromatic heterocycles. The van der Waals surface area contributed by atoms with E-state index in [9.17, 15) is 14.9 Å². The molecule has 0 radical (unpaired) electrons. The number of nitriles is 1. The van der Waals surface area contributed by atoms with Crippen LogP contribution in [0.3, 0.4) is 0 Å². The van der Waals surface area contributed by atoms with Crippen LogP contribution in [0.25, 0.3) is 5.69 Å². The molecule has 0 spiro atoms. The zero-order valence-electron chi connectivity index (χ0n) is 15.2. The minimum Gasteiger partial charge on any atom is -0.382 e. The van der Waals surface area contributed by atoms with Crippen molar-refractivity contribution in [2.45, 2.75) is 19.4 Å². The van der Waals surface area contributed by atoms with E-state index >= 15 is 0 Å². The van der Waals surface area contributed by atoms with Crippen molar-refractivity contribution in [3.05, 3.63) is 76.3 Å². The number of benzene rings is 1. The molecule has 2 heterocycles. The van der Waals surface area contributed by atoms with Crippen LogP contribution in [0.15, 0.2) is 59.5 Å². The number of carbonyl (C=O) groups is 1. The van der Waals surface area contributed by atoms with Gasteiger partial charge >= 0.3 is 0 Å². The van der Waals surface area contributed by atoms with E-state index in [1.54, 1.807) is 23.0 Å². The smallest absolute Gasteiger partial charge is 0.250 e. The molecule has 0 saturated heterocycles. The van der Waals surface area contributed by atoms with Gasteiger partial charge in [0.05, 0.1) is 11.4 Å². The van der Waals surface area contributed by atoms with Crippen LogP contribution in [0.5, 0.6) is 0 Å². The van der Waals surface area contributed by atoms with Gasteiger partial charge < -0.3 is 15.6 Å². The van der Waals surface area contributed by atoms with Gasteiger partial charge in [0, 0.05) is 18.8 Å². The third kappa shape index (κ3) is 4.27. The summed E-state index contributed by atoms with van der Waals surface area (Å²) in [4.78, 5) is 23.6. The van der Waals surface area contributed by atoms with Gasteiger partial charge in [-0.15, -0.1) is 0 Å². The monoisotopic (exact) mass is 376 g/mol. The summed E-state index contributed by atoms with van der Waals surface area (Å²) in [7, 11) is 0. The largest absolute Gasteiger partial charge is 0.382 e. The van der Waals surface area contributed by atoms with E-state index in [1.807, 2.05) is 30.3 Å². The first-order chi connectivity index (χ1) is 13.6. The van der Waals surface area contributed by atoms with Crippen LogP contribution in [-0.2, 0) is 17.8 Å². The van der Waals surface area contributed by atoms with E-state index in [-0.39, 0.29) is 18.0 Å². The lowest BCUT2D eigenvalue weighted by Gasteiger charge is -2.06. The fraction of sp³-hybridized carbons (Fsp3) is 0.200. The maximum absolute atomic E-state index is 12.0. The second kappa shape index (κ2) is 8.68. The quantitative estimate of drug-likeness (QED) is 0.601. The van der Waals surface area contributed by atoms with Crippen molar-refractivity contribution in [3.63, 3.8) is 0 Å². The van der Waals surface area contributed by atoms with E-state index in [2.05, 4.69) is 16.5 Å². The standard InChI is InChI=1S/C20H20N6O2/c21-13-16-17(24-26(20(16)22)15-7-2-1-3-8-15)9-6-11-23-18(27)14-25-12-5-4-10-19(25)28/h1-5,7-8,10,12H,6,9,11,14,22H2,(H,23,27). The second-order valence-corrected chi connectivity index (χ2v) is 6.19. The lowest BCUT2D eigenvalue weighted by molar-refractivity contribution is -0.121. The molecule has 3 rings (SSSR count). The van der Waals surface area contributed by atoms with Crippen molar-refractivity contribution in [1.29, 1.82) is 5.26 Å². The number of aromatic nitrogens is 3. The van der Waals surface area contributed by atoms with Crippen molar-refractivity contribution < 1.29 is 4.79 Å². The number of carbonyl (C=O) groups excluding carboxylic acids is 1. The minimum absolute atomic E-state index is 0.0291. The number of nitrogens with two attached hydrogens (primary N) is 1. The molecule has 142 valence electrons. The zero-order chi connectivity index (χ0) is 19.9. The minimum atomic E-state index is -0.247. The highest BCUT2D eigenvalue weighted by Gasteiger charge is 2.16. The normalized spacial score (nSPS) is 10.4. The number of anilines is 1. The van der Waals surface area contributed by atoms with Gasteiger partial charge in [-0.2, -0.15) is 10.4 Å². The summed E-state index contributed by atoms with van der Waals surface area (Å²) >= 11 is 0. The third-order valence-electron chi connectivity index (χ3n) is 4.23. The van der Waals surface area contributed by atoms with Crippen LogP contribution in [0.2, 0.25) is 0 Å². The number of nitrogen functional groups attached to an aromatic ring is 1. The molecule has 0 aliphatic carbocycles. The molecule has 1 aromatic carbocycles. The molecule has 0 saturated carbocycles. The number of aryl methyl sites for hydroxylation is 1. The number of nitrogens with zero attached hydrogens (tertiary/aromatic N) is 4. The highest BCUT2D eigenvalue weighted by atomic mass is 16.2. The highest BCUT2D eigenvalue weighted by molar-refractivity contribution is 5.75. The fourth-order valence-electron chi connectivity index (χ4n) is 2.83. The molecule has 1 amide bonds. The Kier molecular flexibility index (Phi) is 5.87. The maximum atomic E-state index is 12.0. The summed E-state index contributed by atoms with van der Waals surface area (Å²) in [6.07, 6.45) is 2.66. The predicted octanol–water partition coefficient (Wildman–Crippen LogP) is 1.24. The Morgan fingerprint density at radius 1 is 1.18 bits per heavy atom. The van der Waals surface area contributed by atoms with Crippen LogP contribution in [0.1, 0.15) is 17.7 Å². The SMILES string of the molecule is N#Cc1c(CCCNC(=O)Cn2ccccc2=O)nn(-c2ccccc2)c1N. The predicted molar refractivity (Wildman–Crippen MR) is 105 cm³/mol. The van der Waals surface area contributed by atoms with Crippen LogP contribution >= 0.6 is 0 Å². The summed E-state index contributed by atoms with van der Waals surface area (Å²) < 4.78 is 2.89. The first-order valence-corrected chi connectivity index (χ1v) is 8.85.